The predicted octanol–water partition coefficient (Wildman–Crippen LogP) is 2.47. The molecule has 18 nitrogen and oxygen atoms in total. The normalized spacial score (nSPS) is 10.8. The first-order valence-electron chi connectivity index (χ1n) is 14.6. The number of rotatable bonds is 11. The van der Waals surface area contributed by atoms with Crippen molar-refractivity contribution < 1.29 is 42.2 Å². The number of methoxy groups -OCH3 is 2. The van der Waals surface area contributed by atoms with Gasteiger partial charge in [-0.1, -0.05) is 0 Å². The third-order valence-electron chi connectivity index (χ3n) is 7.15. The maximum atomic E-state index is 15.2. The van der Waals surface area contributed by atoms with Crippen LogP contribution < -0.4 is 15.4 Å². The molecule has 51 heavy (non-hydrogen) atoms. The Bertz CT molecular complexity index is 2280. The lowest BCUT2D eigenvalue weighted by Crippen LogP contribution is -2.19. The van der Waals surface area contributed by atoms with Crippen molar-refractivity contribution in [1.82, 2.24) is 45.0 Å². The highest BCUT2D eigenvalue weighted by atomic mass is 19.1. The molecule has 0 fully saturated rings. The number of carbonyl (C=O) groups excluding carboxylic acids is 4. The molecule has 0 aliphatic heterocycles. The number of nitrogens with one attached hydrogen (secondary N) is 2. The van der Waals surface area contributed by atoms with Crippen LogP contribution in [0.2, 0.25) is 0 Å². The minimum Gasteiger partial charge on any atom is -0.490 e. The van der Waals surface area contributed by atoms with E-state index in [0.29, 0.717) is 5.82 Å². The van der Waals surface area contributed by atoms with Gasteiger partial charge in [0.1, 0.15) is 12.1 Å². The van der Waals surface area contributed by atoms with E-state index in [1.807, 2.05) is 0 Å². The Morgan fingerprint density at radius 3 is 2.16 bits per heavy atom. The minimum atomic E-state index is -0.990. The molecule has 6 rings (SSSR count). The second-order valence-electron chi connectivity index (χ2n) is 10.3. The molecule has 2 amide bonds. The first-order chi connectivity index (χ1) is 24.6. The van der Waals surface area contributed by atoms with Crippen LogP contribution in [0.5, 0.6) is 5.75 Å². The number of tetrazole rings is 1. The Morgan fingerprint density at radius 1 is 0.804 bits per heavy atom. The Labute approximate surface area is 284 Å². The van der Waals surface area contributed by atoms with Gasteiger partial charge in [-0.05, 0) is 58.5 Å². The highest BCUT2D eigenvalue weighted by molar-refractivity contribution is 6.08. The summed E-state index contributed by atoms with van der Waals surface area (Å²) in [6.07, 6.45) is 4.49. The van der Waals surface area contributed by atoms with Gasteiger partial charge in [-0.25, -0.2) is 23.4 Å². The second kappa shape index (κ2) is 14.5. The molecule has 0 bridgehead atoms. The van der Waals surface area contributed by atoms with Gasteiger partial charge in [0, 0.05) is 24.9 Å². The van der Waals surface area contributed by atoms with Crippen molar-refractivity contribution in [2.24, 2.45) is 0 Å². The molecular weight excluding hydrogens is 676 g/mol. The first-order valence-corrected chi connectivity index (χ1v) is 14.6. The fourth-order valence-corrected chi connectivity index (χ4v) is 4.63. The summed E-state index contributed by atoms with van der Waals surface area (Å²) in [6.45, 7) is -0.331. The fourth-order valence-electron chi connectivity index (χ4n) is 4.63. The molecule has 0 spiro atoms. The molecule has 0 aliphatic rings. The number of hydrogen-bond acceptors (Lipinski definition) is 14. The molecule has 4 heterocycles. The summed E-state index contributed by atoms with van der Waals surface area (Å²) in [5, 5.41) is 27.6. The van der Waals surface area contributed by atoms with Crippen LogP contribution in [0.25, 0.3) is 11.5 Å². The quantitative estimate of drug-likeness (QED) is 0.186. The topological polar surface area (TPSA) is 220 Å². The molecule has 0 aliphatic carbocycles. The number of ether oxygens (including phenoxy) is 3. The van der Waals surface area contributed by atoms with Crippen LogP contribution in [0.4, 0.5) is 20.2 Å². The summed E-state index contributed by atoms with van der Waals surface area (Å²) in [4.78, 5) is 54.8. The Kier molecular flexibility index (Phi) is 9.55. The molecule has 258 valence electrons. The van der Waals surface area contributed by atoms with Crippen molar-refractivity contribution in [3.8, 4) is 11.6 Å². The molecule has 2 aromatic carbocycles. The van der Waals surface area contributed by atoms with Crippen LogP contribution >= 0.6 is 0 Å². The summed E-state index contributed by atoms with van der Waals surface area (Å²) < 4.78 is 47.9. The average Bonchev–Trinajstić information content (AvgIpc) is 3.86. The lowest BCUT2D eigenvalue weighted by molar-refractivity contribution is 0.0592. The van der Waals surface area contributed by atoms with Crippen molar-refractivity contribution in [2.75, 3.05) is 31.5 Å². The SMILES string of the molecule is COC(=O)c1cc(F)c(CCOc2cc(NC(=O)c3ccc4nnnn4n3)c(C(=O)OC)cc2F)cc1NC(=O)c1ccc(-n2ccnc2)nn1. The Morgan fingerprint density at radius 2 is 1.49 bits per heavy atom. The van der Waals surface area contributed by atoms with Crippen molar-refractivity contribution in [3.63, 3.8) is 0 Å². The van der Waals surface area contributed by atoms with Gasteiger partial charge in [0.05, 0.1) is 43.3 Å². The van der Waals surface area contributed by atoms with Crippen molar-refractivity contribution in [2.45, 2.75) is 6.42 Å². The molecule has 0 atom stereocenters. The van der Waals surface area contributed by atoms with Gasteiger partial charge in [0.25, 0.3) is 11.8 Å². The summed E-state index contributed by atoms with van der Waals surface area (Å²) in [7, 11) is 2.17. The molecule has 0 saturated heterocycles. The maximum Gasteiger partial charge on any atom is 0.340 e. The largest absolute Gasteiger partial charge is 0.490 e. The Balaban J connectivity index is 1.20. The summed E-state index contributed by atoms with van der Waals surface area (Å²) in [6, 6.07) is 9.63. The number of amides is 2. The molecule has 0 radical (unpaired) electrons. The number of hydrogen-bond donors (Lipinski definition) is 2. The van der Waals surface area contributed by atoms with Crippen LogP contribution in [-0.2, 0) is 15.9 Å². The number of benzene rings is 2. The monoisotopic (exact) mass is 699 g/mol. The molecule has 0 unspecified atom stereocenters. The maximum absolute atomic E-state index is 15.2. The Hall–Kier alpha value is -7.25. The number of halogens is 2. The number of imidazole rings is 1. The first kappa shape index (κ1) is 33.6. The van der Waals surface area contributed by atoms with Crippen LogP contribution in [0.1, 0.15) is 47.3 Å². The molecule has 2 N–H and O–H groups in total. The van der Waals surface area contributed by atoms with Crippen LogP contribution in [0.3, 0.4) is 0 Å². The van der Waals surface area contributed by atoms with Crippen molar-refractivity contribution in [3.05, 3.63) is 107 Å². The van der Waals surface area contributed by atoms with E-state index >= 15 is 8.78 Å². The molecule has 4 aromatic heterocycles. The van der Waals surface area contributed by atoms with E-state index in [4.69, 9.17) is 14.2 Å². The van der Waals surface area contributed by atoms with Gasteiger partial charge >= 0.3 is 11.9 Å². The van der Waals surface area contributed by atoms with Gasteiger partial charge in [0.15, 0.2) is 34.4 Å². The molecule has 6 aromatic rings. The third kappa shape index (κ3) is 7.28. The number of anilines is 2. The molecular formula is C31H23F2N11O7. The minimum absolute atomic E-state index is 0.0244. The fraction of sp³-hybridized carbons (Fsp3) is 0.129. The average molecular weight is 700 g/mol. The van der Waals surface area contributed by atoms with Crippen molar-refractivity contribution in [1.29, 1.82) is 0 Å². The van der Waals surface area contributed by atoms with E-state index in [1.165, 1.54) is 36.7 Å². The lowest BCUT2D eigenvalue weighted by atomic mass is 10.1. The van der Waals surface area contributed by atoms with Crippen LogP contribution in [-0.4, -0.2) is 89.6 Å². The zero-order valence-corrected chi connectivity index (χ0v) is 26.4. The zero-order valence-electron chi connectivity index (χ0n) is 26.4. The smallest absolute Gasteiger partial charge is 0.340 e. The predicted molar refractivity (Wildman–Crippen MR) is 168 cm³/mol. The van der Waals surface area contributed by atoms with Gasteiger partial charge < -0.3 is 24.8 Å². The molecule has 20 heteroatoms. The van der Waals surface area contributed by atoms with E-state index in [2.05, 4.69) is 46.4 Å². The van der Waals surface area contributed by atoms with Gasteiger partial charge in [-0.15, -0.1) is 25.0 Å². The van der Waals surface area contributed by atoms with E-state index in [-0.39, 0.29) is 58.1 Å². The number of fused-ring (bicyclic) bond motifs is 1. The third-order valence-corrected chi connectivity index (χ3v) is 7.15. The van der Waals surface area contributed by atoms with E-state index in [1.54, 1.807) is 17.0 Å². The number of aromatic nitrogens is 9. The van der Waals surface area contributed by atoms with Crippen molar-refractivity contribution >= 4 is 40.8 Å². The number of nitrogens with zero attached hydrogens (tertiary/aromatic N) is 9. The summed E-state index contributed by atoms with van der Waals surface area (Å²) >= 11 is 0. The second-order valence-corrected chi connectivity index (χ2v) is 10.3. The highest BCUT2D eigenvalue weighted by Gasteiger charge is 2.22. The lowest BCUT2D eigenvalue weighted by Gasteiger charge is -2.15. The number of carbonyl (C=O) groups is 4. The van der Waals surface area contributed by atoms with Gasteiger partial charge in [-0.3, -0.25) is 14.2 Å². The van der Waals surface area contributed by atoms with E-state index in [9.17, 15) is 19.2 Å². The number of esters is 2. The molecule has 0 saturated carbocycles. The summed E-state index contributed by atoms with van der Waals surface area (Å²) in [5.41, 5.74) is -0.883. The highest BCUT2D eigenvalue weighted by Crippen LogP contribution is 2.29. The standard InChI is InChI=1S/C31H23F2N11O7/c1-49-30(47)17-12-19(32)16(11-23(17)35-28(45)21-3-5-26(38-37-21)43-9-8-34-15-43)7-10-51-25-14-24(18(13-20(25)33)31(48)50-2)36-29(46)22-4-6-27-39-41-42-44(27)40-22/h3-6,8-9,11-15H,7,10H2,1-2H3,(H,35,45)(H,36,46). The van der Waals surface area contributed by atoms with Gasteiger partial charge in [-0.2, -0.15) is 0 Å². The van der Waals surface area contributed by atoms with E-state index < -0.39 is 41.1 Å². The zero-order chi connectivity index (χ0) is 36.1. The van der Waals surface area contributed by atoms with E-state index in [0.717, 1.165) is 37.0 Å². The van der Waals surface area contributed by atoms with Gasteiger partial charge in [0.2, 0.25) is 0 Å². The van der Waals surface area contributed by atoms with Crippen LogP contribution in [0.15, 0.2) is 67.3 Å². The van der Waals surface area contributed by atoms with Crippen LogP contribution in [0, 0.1) is 11.6 Å². The summed E-state index contributed by atoms with van der Waals surface area (Å²) in [5.74, 6) is -5.27.